The Morgan fingerprint density at radius 2 is 2.00 bits per heavy atom. The molecule has 4 aromatic rings. The third-order valence-electron chi connectivity index (χ3n) is 6.12. The second kappa shape index (κ2) is 8.54. The largest absolute Gasteiger partial charge is 0.469 e. The lowest BCUT2D eigenvalue weighted by Crippen LogP contribution is -2.13. The Morgan fingerprint density at radius 1 is 1.18 bits per heavy atom. The Hall–Kier alpha value is -3.94. The van der Waals surface area contributed by atoms with Crippen molar-refractivity contribution in [3.05, 3.63) is 71.7 Å². The van der Waals surface area contributed by atoms with E-state index in [0.29, 0.717) is 0 Å². The predicted molar refractivity (Wildman–Crippen MR) is 126 cm³/mol. The van der Waals surface area contributed by atoms with Gasteiger partial charge in [-0.3, -0.25) is 9.48 Å². The van der Waals surface area contributed by atoms with Gasteiger partial charge in [0.15, 0.2) is 0 Å². The molecule has 0 radical (unpaired) electrons. The average molecular weight is 443 g/mol. The summed E-state index contributed by atoms with van der Waals surface area (Å²) in [7, 11) is 3.33. The first-order chi connectivity index (χ1) is 16.0. The van der Waals surface area contributed by atoms with Crippen molar-refractivity contribution in [2.24, 2.45) is 7.05 Å². The molecule has 0 amide bonds. The number of carbonyl (C=O) groups is 1. The highest BCUT2D eigenvalue weighted by atomic mass is 16.5. The number of benzene rings is 2. The van der Waals surface area contributed by atoms with E-state index >= 15 is 0 Å². The van der Waals surface area contributed by atoms with E-state index in [1.807, 2.05) is 60.0 Å². The van der Waals surface area contributed by atoms with Crippen LogP contribution in [0.5, 0.6) is 0 Å². The molecule has 0 spiro atoms. The Labute approximate surface area is 192 Å². The molecule has 1 aliphatic heterocycles. The standard InChI is InChI=1S/C25H26N6O2/c1-16-25-21-9-6-18(19-14-26-30(2)15-19)13-22(21)23(10-11-31(25)29-28-16)27-20-7-4-17(5-8-20)12-24(32)33-3/h4-9,13-15,23,27H,10-12H2,1-3H3. The summed E-state index contributed by atoms with van der Waals surface area (Å²) < 4.78 is 8.58. The Balaban J connectivity index is 1.51. The van der Waals surface area contributed by atoms with Gasteiger partial charge >= 0.3 is 5.97 Å². The maximum Gasteiger partial charge on any atom is 0.309 e. The van der Waals surface area contributed by atoms with E-state index in [0.717, 1.165) is 52.3 Å². The van der Waals surface area contributed by atoms with E-state index in [1.165, 1.54) is 12.7 Å². The SMILES string of the molecule is COC(=O)Cc1ccc(NC2CCn3nnc(C)c3-c3ccc(-c4cnn(C)c4)cc32)cc1. The molecule has 0 bridgehead atoms. The molecule has 0 saturated heterocycles. The van der Waals surface area contributed by atoms with Crippen molar-refractivity contribution in [1.29, 1.82) is 0 Å². The van der Waals surface area contributed by atoms with Crippen LogP contribution in [-0.4, -0.2) is 37.9 Å². The number of carbonyl (C=O) groups excluding carboxylic acids is 1. The van der Waals surface area contributed by atoms with E-state index in [-0.39, 0.29) is 18.4 Å². The number of nitrogens with one attached hydrogen (secondary N) is 1. The second-order valence-electron chi connectivity index (χ2n) is 8.39. The normalized spacial score (nSPS) is 14.8. The minimum atomic E-state index is -0.241. The molecule has 33 heavy (non-hydrogen) atoms. The number of hydrogen-bond donors (Lipinski definition) is 1. The number of rotatable bonds is 5. The molecule has 5 rings (SSSR count). The Kier molecular flexibility index (Phi) is 5.42. The molecule has 8 heteroatoms. The lowest BCUT2D eigenvalue weighted by molar-refractivity contribution is -0.139. The quantitative estimate of drug-likeness (QED) is 0.472. The van der Waals surface area contributed by atoms with Gasteiger partial charge in [0, 0.05) is 36.6 Å². The van der Waals surface area contributed by atoms with Gasteiger partial charge < -0.3 is 10.1 Å². The van der Waals surface area contributed by atoms with Crippen molar-refractivity contribution < 1.29 is 9.53 Å². The highest BCUT2D eigenvalue weighted by Gasteiger charge is 2.26. The fourth-order valence-electron chi connectivity index (χ4n) is 4.42. The van der Waals surface area contributed by atoms with Gasteiger partial charge in [-0.1, -0.05) is 29.5 Å². The van der Waals surface area contributed by atoms with Crippen LogP contribution >= 0.6 is 0 Å². The first-order valence-electron chi connectivity index (χ1n) is 11.0. The summed E-state index contributed by atoms with van der Waals surface area (Å²) in [4.78, 5) is 11.6. The van der Waals surface area contributed by atoms with Gasteiger partial charge in [-0.05, 0) is 48.2 Å². The van der Waals surface area contributed by atoms with Crippen molar-refractivity contribution >= 4 is 11.7 Å². The summed E-state index contributed by atoms with van der Waals surface area (Å²) in [5.41, 5.74) is 8.48. The predicted octanol–water partition coefficient (Wildman–Crippen LogP) is 3.93. The first-order valence-corrected chi connectivity index (χ1v) is 11.0. The molecule has 1 unspecified atom stereocenters. The van der Waals surface area contributed by atoms with Crippen LogP contribution in [0, 0.1) is 6.92 Å². The molecule has 0 fully saturated rings. The third kappa shape index (κ3) is 4.11. The van der Waals surface area contributed by atoms with Crippen LogP contribution in [0.4, 0.5) is 5.69 Å². The number of fused-ring (bicyclic) bond motifs is 3. The first kappa shape index (κ1) is 20.9. The summed E-state index contributed by atoms with van der Waals surface area (Å²) in [5.74, 6) is -0.241. The summed E-state index contributed by atoms with van der Waals surface area (Å²) in [5, 5.41) is 16.7. The maximum absolute atomic E-state index is 11.6. The Morgan fingerprint density at radius 3 is 2.73 bits per heavy atom. The van der Waals surface area contributed by atoms with Gasteiger partial charge in [-0.15, -0.1) is 5.10 Å². The molecule has 2 aromatic heterocycles. The van der Waals surface area contributed by atoms with Crippen LogP contribution in [0.3, 0.4) is 0 Å². The van der Waals surface area contributed by atoms with Gasteiger partial charge in [0.2, 0.25) is 0 Å². The highest BCUT2D eigenvalue weighted by Crippen LogP contribution is 2.39. The van der Waals surface area contributed by atoms with Crippen molar-refractivity contribution in [1.82, 2.24) is 24.8 Å². The lowest BCUT2D eigenvalue weighted by atomic mass is 9.93. The number of nitrogens with zero attached hydrogens (tertiary/aromatic N) is 5. The zero-order chi connectivity index (χ0) is 22.9. The molecule has 1 aliphatic rings. The molecule has 8 nitrogen and oxygen atoms in total. The van der Waals surface area contributed by atoms with Gasteiger partial charge in [0.05, 0.1) is 37.2 Å². The fourth-order valence-corrected chi connectivity index (χ4v) is 4.42. The van der Waals surface area contributed by atoms with Gasteiger partial charge in [-0.25, -0.2) is 4.68 Å². The van der Waals surface area contributed by atoms with Crippen molar-refractivity contribution in [2.75, 3.05) is 12.4 Å². The number of ether oxygens (including phenoxy) is 1. The fraction of sp³-hybridized carbons (Fsp3) is 0.280. The molecule has 1 N–H and O–H groups in total. The smallest absolute Gasteiger partial charge is 0.309 e. The number of aryl methyl sites for hydroxylation is 3. The van der Waals surface area contributed by atoms with Crippen LogP contribution < -0.4 is 5.32 Å². The number of hydrogen-bond acceptors (Lipinski definition) is 6. The summed E-state index contributed by atoms with van der Waals surface area (Å²) in [6, 6.07) is 14.6. The molecular weight excluding hydrogens is 416 g/mol. The molecule has 0 saturated carbocycles. The van der Waals surface area contributed by atoms with Crippen LogP contribution in [0.1, 0.15) is 29.3 Å². The molecule has 3 heterocycles. The van der Waals surface area contributed by atoms with Crippen LogP contribution in [-0.2, 0) is 29.5 Å². The van der Waals surface area contributed by atoms with E-state index in [2.05, 4.69) is 38.9 Å². The summed E-state index contributed by atoms with van der Waals surface area (Å²) in [6.07, 6.45) is 5.05. The topological polar surface area (TPSA) is 86.9 Å². The Bertz CT molecular complexity index is 1300. The van der Waals surface area contributed by atoms with Gasteiger partial charge in [0.25, 0.3) is 0 Å². The van der Waals surface area contributed by atoms with Crippen molar-refractivity contribution in [3.8, 4) is 22.4 Å². The maximum atomic E-state index is 11.6. The van der Waals surface area contributed by atoms with E-state index in [9.17, 15) is 4.79 Å². The number of anilines is 1. The average Bonchev–Trinajstić information content (AvgIpc) is 3.38. The van der Waals surface area contributed by atoms with Gasteiger partial charge in [0.1, 0.15) is 0 Å². The van der Waals surface area contributed by atoms with Crippen molar-refractivity contribution in [3.63, 3.8) is 0 Å². The second-order valence-corrected chi connectivity index (χ2v) is 8.39. The minimum Gasteiger partial charge on any atom is -0.469 e. The summed E-state index contributed by atoms with van der Waals surface area (Å²) >= 11 is 0. The minimum absolute atomic E-state index is 0.0872. The number of aromatic nitrogens is 5. The van der Waals surface area contributed by atoms with E-state index in [1.54, 1.807) is 0 Å². The van der Waals surface area contributed by atoms with E-state index in [4.69, 9.17) is 4.74 Å². The molecule has 2 aromatic carbocycles. The number of esters is 1. The molecule has 1 atom stereocenters. The molecule has 0 aliphatic carbocycles. The molecule has 168 valence electrons. The zero-order valence-corrected chi connectivity index (χ0v) is 18.9. The monoisotopic (exact) mass is 442 g/mol. The van der Waals surface area contributed by atoms with E-state index < -0.39 is 0 Å². The van der Waals surface area contributed by atoms with Crippen LogP contribution in [0.25, 0.3) is 22.4 Å². The third-order valence-corrected chi connectivity index (χ3v) is 6.12. The summed E-state index contributed by atoms with van der Waals surface area (Å²) in [6.45, 7) is 2.77. The molecular formula is C25H26N6O2. The number of methoxy groups -OCH3 is 1. The zero-order valence-electron chi connectivity index (χ0n) is 18.9. The van der Waals surface area contributed by atoms with Crippen LogP contribution in [0.2, 0.25) is 0 Å². The van der Waals surface area contributed by atoms with Gasteiger partial charge in [-0.2, -0.15) is 5.10 Å². The van der Waals surface area contributed by atoms with Crippen LogP contribution in [0.15, 0.2) is 54.9 Å². The van der Waals surface area contributed by atoms with Crippen molar-refractivity contribution in [2.45, 2.75) is 32.4 Å². The lowest BCUT2D eigenvalue weighted by Gasteiger charge is -2.21. The highest BCUT2D eigenvalue weighted by molar-refractivity contribution is 5.75.